The topological polar surface area (TPSA) is 95.9 Å². The van der Waals surface area contributed by atoms with Crippen LogP contribution >= 0.6 is 0 Å². The third-order valence-electron chi connectivity index (χ3n) is 19.7. The Labute approximate surface area is 570 Å². The molecule has 0 spiro atoms. The first-order chi connectivity index (χ1) is 45.0. The molecule has 91 heavy (non-hydrogen) atoms. The van der Waals surface area contributed by atoms with Crippen molar-refractivity contribution in [2.75, 3.05) is 13.2 Å². The number of allylic oxidation sites excluding steroid dienone is 6. The molecule has 2 unspecified atom stereocenters. The van der Waals surface area contributed by atoms with Gasteiger partial charge in [-0.25, -0.2) is 0 Å². The molecule has 0 saturated carbocycles. The summed E-state index contributed by atoms with van der Waals surface area (Å²) in [6, 6.07) is -0.541. The Morgan fingerprint density at radius 3 is 0.868 bits per heavy atom. The zero-order chi connectivity index (χ0) is 65.6. The zero-order valence-electron chi connectivity index (χ0n) is 61.9. The molecule has 0 fully saturated rings. The van der Waals surface area contributed by atoms with E-state index in [1.165, 1.54) is 385 Å². The summed E-state index contributed by atoms with van der Waals surface area (Å²) in [4.78, 5) is 24.6. The lowest BCUT2D eigenvalue weighted by Crippen LogP contribution is -2.45. The highest BCUT2D eigenvalue weighted by Crippen LogP contribution is 2.20. The summed E-state index contributed by atoms with van der Waals surface area (Å²) in [5, 5.41) is 23.5. The van der Waals surface area contributed by atoms with Crippen LogP contribution in [0.2, 0.25) is 0 Å². The van der Waals surface area contributed by atoms with E-state index in [1.807, 2.05) is 0 Å². The standard InChI is InChI=1S/C85H163NO5/c1-3-5-7-9-11-13-15-17-18-19-20-21-22-36-39-42-45-48-51-54-57-61-65-69-73-77-83(88)82(81-87)86-84(89)78-74-70-66-62-58-55-52-49-46-43-40-37-34-32-30-28-26-24-23-25-27-29-31-33-35-38-41-44-47-50-53-56-60-64-68-72-76-80-91-85(90)79-75-71-67-63-59-16-14-12-10-8-6-4-2/h12,14,23,25,29,31,82-83,87-88H,3-11,13,15-22,24,26-28,30,32-81H2,1-2H3,(H,86,89)/b14-12-,25-23-,31-29-. The summed E-state index contributed by atoms with van der Waals surface area (Å²) < 4.78 is 5.48. The van der Waals surface area contributed by atoms with Gasteiger partial charge in [0.1, 0.15) is 0 Å². The number of hydrogen-bond donors (Lipinski definition) is 3. The fourth-order valence-corrected chi connectivity index (χ4v) is 13.3. The first-order valence-corrected chi connectivity index (χ1v) is 41.7. The molecular formula is C85H163NO5. The second kappa shape index (κ2) is 80.5. The second-order valence-corrected chi connectivity index (χ2v) is 28.8. The predicted molar refractivity (Wildman–Crippen MR) is 403 cm³/mol. The number of aliphatic hydroxyl groups is 2. The van der Waals surface area contributed by atoms with Crippen LogP contribution in [0, 0.1) is 0 Å². The van der Waals surface area contributed by atoms with E-state index in [0.29, 0.717) is 25.9 Å². The van der Waals surface area contributed by atoms with E-state index in [4.69, 9.17) is 4.74 Å². The Hall–Kier alpha value is -1.92. The SMILES string of the molecule is CCCCC/C=C\CCCCCCCC(=O)OCCCCCCCCCCCCCCC/C=C\C/C=C\CCCCCCCCCCCCCCCCCCCC(=O)NC(CO)C(O)CCCCCCCCCCCCCCCCCCCCCCCCCCC. The highest BCUT2D eigenvalue weighted by Gasteiger charge is 2.20. The van der Waals surface area contributed by atoms with Gasteiger partial charge in [0.25, 0.3) is 0 Å². The van der Waals surface area contributed by atoms with Gasteiger partial charge in [-0.3, -0.25) is 9.59 Å². The maximum Gasteiger partial charge on any atom is 0.305 e. The Balaban J connectivity index is 3.37. The van der Waals surface area contributed by atoms with Crippen molar-refractivity contribution in [1.82, 2.24) is 5.32 Å². The van der Waals surface area contributed by atoms with Crippen LogP contribution in [0.25, 0.3) is 0 Å². The molecule has 6 heteroatoms. The monoisotopic (exact) mass is 1280 g/mol. The number of hydrogen-bond acceptors (Lipinski definition) is 5. The van der Waals surface area contributed by atoms with Crippen LogP contribution in [0.5, 0.6) is 0 Å². The van der Waals surface area contributed by atoms with Crippen LogP contribution < -0.4 is 5.32 Å². The van der Waals surface area contributed by atoms with Crippen molar-refractivity contribution in [3.63, 3.8) is 0 Å². The number of carbonyl (C=O) groups excluding carboxylic acids is 2. The number of amides is 1. The summed E-state index contributed by atoms with van der Waals surface area (Å²) in [5.74, 6) is -0.0170. The van der Waals surface area contributed by atoms with E-state index in [-0.39, 0.29) is 18.5 Å². The summed E-state index contributed by atoms with van der Waals surface area (Å²) in [7, 11) is 0. The fraction of sp³-hybridized carbons (Fsp3) is 0.906. The average Bonchev–Trinajstić information content (AvgIpc) is 3.58. The lowest BCUT2D eigenvalue weighted by Gasteiger charge is -2.22. The Morgan fingerprint density at radius 1 is 0.308 bits per heavy atom. The van der Waals surface area contributed by atoms with Gasteiger partial charge in [0.05, 0.1) is 25.4 Å². The zero-order valence-corrected chi connectivity index (χ0v) is 61.9. The van der Waals surface area contributed by atoms with Crippen LogP contribution in [-0.2, 0) is 14.3 Å². The molecule has 0 heterocycles. The van der Waals surface area contributed by atoms with Gasteiger partial charge in [-0.15, -0.1) is 0 Å². The molecule has 0 radical (unpaired) electrons. The predicted octanol–water partition coefficient (Wildman–Crippen LogP) is 27.8. The lowest BCUT2D eigenvalue weighted by atomic mass is 10.0. The number of carbonyl (C=O) groups is 2. The molecule has 0 aromatic rings. The van der Waals surface area contributed by atoms with E-state index in [1.54, 1.807) is 0 Å². The minimum Gasteiger partial charge on any atom is -0.466 e. The number of ether oxygens (including phenoxy) is 1. The molecule has 1 amide bonds. The van der Waals surface area contributed by atoms with Gasteiger partial charge in [-0.05, 0) is 83.5 Å². The summed E-state index contributed by atoms with van der Waals surface area (Å²) in [5.41, 5.74) is 0. The Kier molecular flexibility index (Phi) is 78.8. The molecule has 0 bridgehead atoms. The Morgan fingerprint density at radius 2 is 0.549 bits per heavy atom. The maximum atomic E-state index is 12.6. The van der Waals surface area contributed by atoms with Crippen LogP contribution in [0.1, 0.15) is 470 Å². The van der Waals surface area contributed by atoms with Gasteiger partial charge in [-0.1, -0.05) is 410 Å². The van der Waals surface area contributed by atoms with E-state index in [0.717, 1.165) is 51.4 Å². The van der Waals surface area contributed by atoms with Crippen molar-refractivity contribution in [2.45, 2.75) is 482 Å². The highest BCUT2D eigenvalue weighted by atomic mass is 16.5. The maximum absolute atomic E-state index is 12.6. The number of aliphatic hydroxyl groups excluding tert-OH is 2. The molecule has 0 aliphatic rings. The summed E-state index contributed by atoms with van der Waals surface area (Å²) in [6.45, 7) is 4.98. The van der Waals surface area contributed by atoms with Crippen molar-refractivity contribution in [3.05, 3.63) is 36.5 Å². The molecule has 0 aliphatic carbocycles. The van der Waals surface area contributed by atoms with Gasteiger partial charge >= 0.3 is 5.97 Å². The highest BCUT2D eigenvalue weighted by molar-refractivity contribution is 5.76. The van der Waals surface area contributed by atoms with Gasteiger partial charge < -0.3 is 20.3 Å². The van der Waals surface area contributed by atoms with Gasteiger partial charge in [-0.2, -0.15) is 0 Å². The van der Waals surface area contributed by atoms with Crippen molar-refractivity contribution < 1.29 is 24.5 Å². The van der Waals surface area contributed by atoms with Crippen molar-refractivity contribution in [2.24, 2.45) is 0 Å². The molecular weight excluding hydrogens is 1110 g/mol. The van der Waals surface area contributed by atoms with E-state index in [9.17, 15) is 19.8 Å². The minimum atomic E-state index is -0.664. The molecule has 0 aromatic carbocycles. The fourth-order valence-electron chi connectivity index (χ4n) is 13.3. The first kappa shape index (κ1) is 89.1. The summed E-state index contributed by atoms with van der Waals surface area (Å²) >= 11 is 0. The van der Waals surface area contributed by atoms with Gasteiger partial charge in [0, 0.05) is 12.8 Å². The number of rotatable bonds is 79. The van der Waals surface area contributed by atoms with Crippen LogP contribution in [-0.4, -0.2) is 47.4 Å². The Bertz CT molecular complexity index is 1470. The smallest absolute Gasteiger partial charge is 0.305 e. The molecule has 0 rings (SSSR count). The molecule has 2 atom stereocenters. The van der Waals surface area contributed by atoms with Crippen molar-refractivity contribution in [1.29, 1.82) is 0 Å². The van der Waals surface area contributed by atoms with Crippen molar-refractivity contribution >= 4 is 11.9 Å². The second-order valence-electron chi connectivity index (χ2n) is 28.8. The number of esters is 1. The molecule has 0 aromatic heterocycles. The third kappa shape index (κ3) is 77.0. The molecule has 6 nitrogen and oxygen atoms in total. The quantitative estimate of drug-likeness (QED) is 0.0320. The lowest BCUT2D eigenvalue weighted by molar-refractivity contribution is -0.143. The van der Waals surface area contributed by atoms with E-state index < -0.39 is 12.1 Å². The van der Waals surface area contributed by atoms with Crippen LogP contribution in [0.4, 0.5) is 0 Å². The largest absolute Gasteiger partial charge is 0.466 e. The van der Waals surface area contributed by atoms with Crippen molar-refractivity contribution in [3.8, 4) is 0 Å². The van der Waals surface area contributed by atoms with E-state index in [2.05, 4.69) is 55.6 Å². The van der Waals surface area contributed by atoms with Crippen LogP contribution in [0.15, 0.2) is 36.5 Å². The minimum absolute atomic E-state index is 0.00931. The first-order valence-electron chi connectivity index (χ1n) is 41.7. The van der Waals surface area contributed by atoms with Gasteiger partial charge in [0.15, 0.2) is 0 Å². The molecule has 3 N–H and O–H groups in total. The normalized spacial score (nSPS) is 12.6. The molecule has 0 saturated heterocycles. The average molecular weight is 1280 g/mol. The summed E-state index contributed by atoms with van der Waals surface area (Å²) in [6.07, 6.45) is 105. The van der Waals surface area contributed by atoms with Gasteiger partial charge in [0.2, 0.25) is 5.91 Å². The number of nitrogens with one attached hydrogen (secondary N) is 1. The number of unbranched alkanes of at least 4 members (excludes halogenated alkanes) is 62. The molecule has 538 valence electrons. The van der Waals surface area contributed by atoms with E-state index >= 15 is 0 Å². The molecule has 0 aliphatic heterocycles. The third-order valence-corrected chi connectivity index (χ3v) is 19.7. The van der Waals surface area contributed by atoms with Crippen LogP contribution in [0.3, 0.4) is 0 Å².